The summed E-state index contributed by atoms with van der Waals surface area (Å²) in [6.45, 7) is 2.46. The number of para-hydroxylation sites is 2. The second-order valence-electron chi connectivity index (χ2n) is 5.15. The quantitative estimate of drug-likeness (QED) is 0.467. The lowest BCUT2D eigenvalue weighted by Gasteiger charge is -2.14. The van der Waals surface area contributed by atoms with E-state index in [0.29, 0.717) is 23.3 Å². The van der Waals surface area contributed by atoms with Crippen LogP contribution in [0.15, 0.2) is 53.9 Å². The Morgan fingerprint density at radius 2 is 2.04 bits per heavy atom. The lowest BCUT2D eigenvalue weighted by molar-refractivity contribution is -0.137. The summed E-state index contributed by atoms with van der Waals surface area (Å²) in [5.74, 6) is 1.14. The number of carbonyl (C=O) groups is 1. The van der Waals surface area contributed by atoms with E-state index in [1.807, 2.05) is 47.9 Å². The molecule has 0 aliphatic carbocycles. The fourth-order valence-corrected chi connectivity index (χ4v) is 3.14. The molecule has 0 atom stereocenters. The molecule has 0 N–H and O–H groups in total. The van der Waals surface area contributed by atoms with E-state index in [-0.39, 0.29) is 11.7 Å². The zero-order valence-electron chi connectivity index (χ0n) is 14.5. The maximum atomic E-state index is 11.5. The van der Waals surface area contributed by atoms with E-state index in [4.69, 9.17) is 9.47 Å². The summed E-state index contributed by atoms with van der Waals surface area (Å²) in [6, 6.07) is 11.4. The second kappa shape index (κ2) is 8.48. The average Bonchev–Trinajstić information content (AvgIpc) is 3.11. The van der Waals surface area contributed by atoms with Gasteiger partial charge in [0, 0.05) is 18.0 Å². The predicted octanol–water partition coefficient (Wildman–Crippen LogP) is 2.99. The molecule has 0 saturated carbocycles. The SMILES string of the molecule is CCOc1ccccc1-n1c(SCC(=O)OC)nnc1-c1cccnc1. The Morgan fingerprint density at radius 1 is 1.19 bits per heavy atom. The Bertz CT molecular complexity index is 883. The van der Waals surface area contributed by atoms with Crippen molar-refractivity contribution in [2.24, 2.45) is 0 Å². The second-order valence-corrected chi connectivity index (χ2v) is 6.09. The van der Waals surface area contributed by atoms with Crippen LogP contribution in [0.25, 0.3) is 17.1 Å². The molecule has 0 fully saturated rings. The molecule has 26 heavy (non-hydrogen) atoms. The van der Waals surface area contributed by atoms with Gasteiger partial charge in [-0.1, -0.05) is 23.9 Å². The van der Waals surface area contributed by atoms with E-state index in [9.17, 15) is 4.79 Å². The summed E-state index contributed by atoms with van der Waals surface area (Å²) in [5, 5.41) is 9.14. The number of thioether (sulfide) groups is 1. The largest absolute Gasteiger partial charge is 0.492 e. The number of aromatic nitrogens is 4. The molecule has 8 heteroatoms. The number of ether oxygens (including phenoxy) is 2. The van der Waals surface area contributed by atoms with Gasteiger partial charge in [-0.05, 0) is 31.2 Å². The van der Waals surface area contributed by atoms with Crippen LogP contribution in [-0.2, 0) is 9.53 Å². The maximum absolute atomic E-state index is 11.5. The van der Waals surface area contributed by atoms with Crippen molar-refractivity contribution in [1.29, 1.82) is 0 Å². The first-order chi connectivity index (χ1) is 12.7. The van der Waals surface area contributed by atoms with Gasteiger partial charge in [0.15, 0.2) is 11.0 Å². The molecule has 1 aromatic carbocycles. The molecule has 0 unspecified atom stereocenters. The summed E-state index contributed by atoms with van der Waals surface area (Å²) in [7, 11) is 1.36. The molecule has 0 amide bonds. The van der Waals surface area contributed by atoms with Gasteiger partial charge in [0.05, 0.1) is 25.2 Å². The maximum Gasteiger partial charge on any atom is 0.316 e. The first-order valence-electron chi connectivity index (χ1n) is 8.02. The van der Waals surface area contributed by atoms with Gasteiger partial charge < -0.3 is 9.47 Å². The third kappa shape index (κ3) is 3.85. The van der Waals surface area contributed by atoms with Gasteiger partial charge in [0.25, 0.3) is 0 Å². The number of nitrogens with zero attached hydrogens (tertiary/aromatic N) is 4. The molecule has 0 aliphatic rings. The fraction of sp³-hybridized carbons (Fsp3) is 0.222. The lowest BCUT2D eigenvalue weighted by Crippen LogP contribution is -2.07. The van der Waals surface area contributed by atoms with Gasteiger partial charge in [-0.15, -0.1) is 10.2 Å². The molecular weight excluding hydrogens is 352 g/mol. The summed E-state index contributed by atoms with van der Waals surface area (Å²) >= 11 is 1.26. The van der Waals surface area contributed by atoms with Gasteiger partial charge in [-0.3, -0.25) is 14.3 Å². The van der Waals surface area contributed by atoms with Crippen molar-refractivity contribution in [2.45, 2.75) is 12.1 Å². The normalized spacial score (nSPS) is 10.5. The summed E-state index contributed by atoms with van der Waals surface area (Å²) in [6.07, 6.45) is 3.42. The number of hydrogen-bond acceptors (Lipinski definition) is 7. The molecular formula is C18H18N4O3S. The molecule has 0 saturated heterocycles. The van der Waals surface area contributed by atoms with E-state index in [0.717, 1.165) is 11.3 Å². The van der Waals surface area contributed by atoms with Crippen LogP contribution in [0.1, 0.15) is 6.92 Å². The molecule has 2 heterocycles. The van der Waals surface area contributed by atoms with Crippen LogP contribution in [0, 0.1) is 0 Å². The van der Waals surface area contributed by atoms with Gasteiger partial charge >= 0.3 is 5.97 Å². The Balaban J connectivity index is 2.11. The summed E-state index contributed by atoms with van der Waals surface area (Å²) in [5.41, 5.74) is 1.61. The minimum absolute atomic E-state index is 0.137. The highest BCUT2D eigenvalue weighted by Gasteiger charge is 2.20. The fourth-order valence-electron chi connectivity index (χ4n) is 2.36. The summed E-state index contributed by atoms with van der Waals surface area (Å²) in [4.78, 5) is 15.7. The topological polar surface area (TPSA) is 79.1 Å². The van der Waals surface area contributed by atoms with Crippen LogP contribution in [-0.4, -0.2) is 45.2 Å². The first-order valence-corrected chi connectivity index (χ1v) is 9.00. The molecule has 0 radical (unpaired) electrons. The van der Waals surface area contributed by atoms with Crippen molar-refractivity contribution in [3.8, 4) is 22.8 Å². The van der Waals surface area contributed by atoms with Gasteiger partial charge in [-0.2, -0.15) is 0 Å². The lowest BCUT2D eigenvalue weighted by atomic mass is 10.2. The third-order valence-corrected chi connectivity index (χ3v) is 4.41. The Morgan fingerprint density at radius 3 is 2.77 bits per heavy atom. The van der Waals surface area contributed by atoms with Gasteiger partial charge in [-0.25, -0.2) is 0 Å². The number of methoxy groups -OCH3 is 1. The number of benzene rings is 1. The van der Waals surface area contributed by atoms with Crippen LogP contribution in [0.4, 0.5) is 0 Å². The van der Waals surface area contributed by atoms with Crippen LogP contribution in [0.2, 0.25) is 0 Å². The predicted molar refractivity (Wildman–Crippen MR) is 98.5 cm³/mol. The van der Waals surface area contributed by atoms with Crippen molar-refractivity contribution < 1.29 is 14.3 Å². The Labute approximate surface area is 155 Å². The molecule has 0 aliphatic heterocycles. The van der Waals surface area contributed by atoms with Crippen molar-refractivity contribution in [3.05, 3.63) is 48.8 Å². The number of pyridine rings is 1. The first kappa shape index (κ1) is 17.9. The number of esters is 1. The van der Waals surface area contributed by atoms with E-state index < -0.39 is 0 Å². The van der Waals surface area contributed by atoms with Crippen molar-refractivity contribution >= 4 is 17.7 Å². The highest BCUT2D eigenvalue weighted by Crippen LogP contribution is 2.32. The van der Waals surface area contributed by atoms with Gasteiger partial charge in [0.1, 0.15) is 5.75 Å². The molecule has 7 nitrogen and oxygen atoms in total. The number of hydrogen-bond donors (Lipinski definition) is 0. The summed E-state index contributed by atoms with van der Waals surface area (Å²) < 4.78 is 12.4. The molecule has 3 rings (SSSR count). The minimum atomic E-state index is -0.328. The van der Waals surface area contributed by atoms with E-state index >= 15 is 0 Å². The van der Waals surface area contributed by atoms with E-state index in [2.05, 4.69) is 15.2 Å². The molecule has 134 valence electrons. The van der Waals surface area contributed by atoms with Crippen LogP contribution in [0.5, 0.6) is 5.75 Å². The zero-order chi connectivity index (χ0) is 18.4. The standard InChI is InChI=1S/C18H18N4O3S/c1-3-25-15-9-5-4-8-14(15)22-17(13-7-6-10-19-11-13)20-21-18(22)26-12-16(23)24-2/h4-11H,3,12H2,1-2H3. The third-order valence-electron chi connectivity index (χ3n) is 3.51. The van der Waals surface area contributed by atoms with Crippen molar-refractivity contribution in [2.75, 3.05) is 19.5 Å². The number of carbonyl (C=O) groups excluding carboxylic acids is 1. The highest BCUT2D eigenvalue weighted by molar-refractivity contribution is 7.99. The molecule has 3 aromatic rings. The monoisotopic (exact) mass is 370 g/mol. The Hall–Kier alpha value is -2.87. The average molecular weight is 370 g/mol. The van der Waals surface area contributed by atoms with Crippen LogP contribution in [0.3, 0.4) is 0 Å². The van der Waals surface area contributed by atoms with Crippen molar-refractivity contribution in [3.63, 3.8) is 0 Å². The van der Waals surface area contributed by atoms with E-state index in [1.165, 1.54) is 18.9 Å². The number of rotatable bonds is 7. The highest BCUT2D eigenvalue weighted by atomic mass is 32.2. The minimum Gasteiger partial charge on any atom is -0.492 e. The zero-order valence-corrected chi connectivity index (χ0v) is 15.3. The molecule has 2 aromatic heterocycles. The van der Waals surface area contributed by atoms with Crippen molar-refractivity contribution in [1.82, 2.24) is 19.7 Å². The molecule has 0 spiro atoms. The van der Waals surface area contributed by atoms with Gasteiger partial charge in [0.2, 0.25) is 0 Å². The van der Waals surface area contributed by atoms with Crippen LogP contribution < -0.4 is 4.74 Å². The molecule has 0 bridgehead atoms. The van der Waals surface area contributed by atoms with E-state index in [1.54, 1.807) is 12.4 Å². The van der Waals surface area contributed by atoms with Crippen LogP contribution >= 0.6 is 11.8 Å². The smallest absolute Gasteiger partial charge is 0.316 e. The Kier molecular flexibility index (Phi) is 5.85.